The van der Waals surface area contributed by atoms with Crippen molar-refractivity contribution < 1.29 is 4.79 Å². The second-order valence-electron chi connectivity index (χ2n) is 9.40. The molecule has 28 heavy (non-hydrogen) atoms. The molecule has 0 radical (unpaired) electrons. The summed E-state index contributed by atoms with van der Waals surface area (Å²) in [6.45, 7) is 4.23. The van der Waals surface area contributed by atoms with Crippen LogP contribution in [0.15, 0.2) is 35.7 Å². The van der Waals surface area contributed by atoms with Crippen LogP contribution < -0.4 is 5.32 Å². The van der Waals surface area contributed by atoms with Gasteiger partial charge in [-0.2, -0.15) is 0 Å². The van der Waals surface area contributed by atoms with Gasteiger partial charge in [-0.15, -0.1) is 0 Å². The number of benzene rings is 1. The highest BCUT2D eigenvalue weighted by atomic mass is 32.2. The van der Waals surface area contributed by atoms with Gasteiger partial charge >= 0.3 is 0 Å². The summed E-state index contributed by atoms with van der Waals surface area (Å²) >= 11 is 1.54. The first-order chi connectivity index (χ1) is 13.5. The van der Waals surface area contributed by atoms with Crippen molar-refractivity contribution in [1.82, 2.24) is 14.9 Å². The van der Waals surface area contributed by atoms with E-state index in [0.717, 1.165) is 28.6 Å². The predicted molar refractivity (Wildman–Crippen MR) is 113 cm³/mol. The molecule has 0 saturated heterocycles. The molecule has 2 aromatic rings. The maximum Gasteiger partial charge on any atom is 0.230 e. The first-order valence-electron chi connectivity index (χ1n) is 10.5. The van der Waals surface area contributed by atoms with Gasteiger partial charge in [-0.1, -0.05) is 29.5 Å². The number of imidazole rings is 1. The molecular formula is C23H29N3OS. The fourth-order valence-electron chi connectivity index (χ4n) is 6.38. The zero-order valence-electron chi connectivity index (χ0n) is 16.8. The maximum atomic E-state index is 12.8. The Morgan fingerprint density at radius 2 is 1.86 bits per heavy atom. The highest BCUT2D eigenvalue weighted by molar-refractivity contribution is 7.99. The standard InChI is InChI=1S/C23H29N3OS/c1-15-3-4-20(16(2)7-15)26-6-5-24-22(26)28-14-21(27)25-23-11-17-8-18(12-23)10-19(9-17)13-23/h3-7,17-19H,8-14H2,1-2H3,(H,25,27). The second kappa shape index (κ2) is 6.94. The average molecular weight is 396 g/mol. The van der Waals surface area contributed by atoms with E-state index in [9.17, 15) is 4.79 Å². The number of hydrogen-bond donors (Lipinski definition) is 1. The van der Waals surface area contributed by atoms with Gasteiger partial charge in [0.25, 0.3) is 0 Å². The quantitative estimate of drug-likeness (QED) is 0.749. The molecule has 1 heterocycles. The number of thioether (sulfide) groups is 1. The molecule has 0 aliphatic heterocycles. The van der Waals surface area contributed by atoms with Crippen LogP contribution in [0, 0.1) is 31.6 Å². The molecule has 1 amide bonds. The number of carbonyl (C=O) groups is 1. The summed E-state index contributed by atoms with van der Waals surface area (Å²) in [6, 6.07) is 6.44. The molecule has 4 bridgehead atoms. The molecule has 0 atom stereocenters. The number of nitrogens with one attached hydrogen (secondary N) is 1. The highest BCUT2D eigenvalue weighted by Crippen LogP contribution is 2.55. The van der Waals surface area contributed by atoms with E-state index in [0.29, 0.717) is 5.75 Å². The molecular weight excluding hydrogens is 366 g/mol. The van der Waals surface area contributed by atoms with Crippen LogP contribution in [0.3, 0.4) is 0 Å². The topological polar surface area (TPSA) is 46.9 Å². The van der Waals surface area contributed by atoms with Crippen LogP contribution >= 0.6 is 11.8 Å². The van der Waals surface area contributed by atoms with E-state index in [1.807, 2.05) is 12.4 Å². The Morgan fingerprint density at radius 3 is 2.50 bits per heavy atom. The Bertz CT molecular complexity index is 868. The fourth-order valence-corrected chi connectivity index (χ4v) is 7.15. The summed E-state index contributed by atoms with van der Waals surface area (Å²) in [6.07, 6.45) is 11.6. The second-order valence-corrected chi connectivity index (χ2v) is 10.3. The molecule has 1 aromatic heterocycles. The van der Waals surface area contributed by atoms with Gasteiger partial charge in [0.1, 0.15) is 0 Å². The van der Waals surface area contributed by atoms with E-state index in [-0.39, 0.29) is 11.4 Å². The zero-order chi connectivity index (χ0) is 19.3. The SMILES string of the molecule is Cc1ccc(-n2ccnc2SCC(=O)NC23CC4CC(CC(C4)C2)C3)c(C)c1. The van der Waals surface area contributed by atoms with Crippen molar-refractivity contribution >= 4 is 17.7 Å². The zero-order valence-corrected chi connectivity index (χ0v) is 17.6. The highest BCUT2D eigenvalue weighted by Gasteiger charge is 2.51. The molecule has 0 unspecified atom stereocenters. The molecule has 4 aliphatic rings. The van der Waals surface area contributed by atoms with Crippen LogP contribution in [-0.4, -0.2) is 26.8 Å². The van der Waals surface area contributed by atoms with E-state index in [1.165, 1.54) is 61.4 Å². The number of nitrogens with zero attached hydrogens (tertiary/aromatic N) is 2. The lowest BCUT2D eigenvalue weighted by Gasteiger charge is -2.56. The van der Waals surface area contributed by atoms with E-state index < -0.39 is 0 Å². The molecule has 4 aliphatic carbocycles. The minimum atomic E-state index is 0.0926. The molecule has 0 spiro atoms. The summed E-state index contributed by atoms with van der Waals surface area (Å²) in [4.78, 5) is 17.3. The normalized spacial score (nSPS) is 30.6. The summed E-state index contributed by atoms with van der Waals surface area (Å²) < 4.78 is 2.09. The lowest BCUT2D eigenvalue weighted by Crippen LogP contribution is -2.60. The van der Waals surface area contributed by atoms with Crippen LogP contribution in [0.1, 0.15) is 49.7 Å². The van der Waals surface area contributed by atoms with Crippen molar-refractivity contribution in [2.45, 2.75) is 63.1 Å². The van der Waals surface area contributed by atoms with Gasteiger partial charge < -0.3 is 5.32 Å². The molecule has 4 fully saturated rings. The van der Waals surface area contributed by atoms with E-state index in [4.69, 9.17) is 0 Å². The number of carbonyl (C=O) groups excluding carboxylic acids is 1. The largest absolute Gasteiger partial charge is 0.350 e. The Hall–Kier alpha value is -1.75. The van der Waals surface area contributed by atoms with Gasteiger partial charge in [-0.05, 0) is 81.8 Å². The molecule has 4 saturated carbocycles. The van der Waals surface area contributed by atoms with Crippen molar-refractivity contribution in [3.05, 3.63) is 41.7 Å². The minimum absolute atomic E-state index is 0.0926. The molecule has 1 aromatic carbocycles. The fraction of sp³-hybridized carbons (Fsp3) is 0.565. The van der Waals surface area contributed by atoms with Gasteiger partial charge in [-0.25, -0.2) is 4.98 Å². The van der Waals surface area contributed by atoms with Crippen molar-refractivity contribution in [3.8, 4) is 5.69 Å². The Morgan fingerprint density at radius 1 is 1.18 bits per heavy atom. The molecule has 1 N–H and O–H groups in total. The minimum Gasteiger partial charge on any atom is -0.350 e. The predicted octanol–water partition coefficient (Wildman–Crippen LogP) is 4.67. The van der Waals surface area contributed by atoms with Crippen LogP contribution in [-0.2, 0) is 4.79 Å². The number of rotatable bonds is 5. The first kappa shape index (κ1) is 18.3. The molecule has 148 valence electrons. The lowest BCUT2D eigenvalue weighted by molar-refractivity contribution is -0.124. The summed E-state index contributed by atoms with van der Waals surface area (Å²) in [5.41, 5.74) is 3.70. The summed E-state index contributed by atoms with van der Waals surface area (Å²) in [7, 11) is 0. The molecule has 6 rings (SSSR count). The van der Waals surface area contributed by atoms with Crippen LogP contribution in [0.5, 0.6) is 0 Å². The van der Waals surface area contributed by atoms with E-state index in [2.05, 4.69) is 46.9 Å². The monoisotopic (exact) mass is 395 g/mol. The van der Waals surface area contributed by atoms with Crippen LogP contribution in [0.25, 0.3) is 5.69 Å². The van der Waals surface area contributed by atoms with Crippen molar-refractivity contribution in [1.29, 1.82) is 0 Å². The smallest absolute Gasteiger partial charge is 0.230 e. The number of aryl methyl sites for hydroxylation is 2. The van der Waals surface area contributed by atoms with Gasteiger partial charge in [0.15, 0.2) is 5.16 Å². The van der Waals surface area contributed by atoms with Gasteiger partial charge in [0, 0.05) is 17.9 Å². The third-order valence-electron chi connectivity index (χ3n) is 6.99. The van der Waals surface area contributed by atoms with Gasteiger partial charge in [-0.3, -0.25) is 9.36 Å². The number of hydrogen-bond acceptors (Lipinski definition) is 3. The van der Waals surface area contributed by atoms with Gasteiger partial charge in [0.2, 0.25) is 5.91 Å². The van der Waals surface area contributed by atoms with Crippen LogP contribution in [0.2, 0.25) is 0 Å². The maximum absolute atomic E-state index is 12.8. The van der Waals surface area contributed by atoms with Gasteiger partial charge in [0.05, 0.1) is 11.4 Å². The summed E-state index contributed by atoms with van der Waals surface area (Å²) in [5, 5.41) is 4.35. The van der Waals surface area contributed by atoms with E-state index >= 15 is 0 Å². The van der Waals surface area contributed by atoms with Crippen molar-refractivity contribution in [2.75, 3.05) is 5.75 Å². The average Bonchev–Trinajstić information content (AvgIpc) is 3.06. The molecule has 5 heteroatoms. The first-order valence-corrected chi connectivity index (χ1v) is 11.5. The lowest BCUT2D eigenvalue weighted by atomic mass is 9.53. The van der Waals surface area contributed by atoms with Crippen LogP contribution in [0.4, 0.5) is 0 Å². The van der Waals surface area contributed by atoms with Crippen molar-refractivity contribution in [3.63, 3.8) is 0 Å². The Kier molecular flexibility index (Phi) is 4.53. The van der Waals surface area contributed by atoms with E-state index in [1.54, 1.807) is 0 Å². The third-order valence-corrected chi connectivity index (χ3v) is 7.96. The number of amides is 1. The third kappa shape index (κ3) is 3.38. The van der Waals surface area contributed by atoms with Crippen molar-refractivity contribution in [2.24, 2.45) is 17.8 Å². The summed E-state index contributed by atoms with van der Waals surface area (Å²) in [5.74, 6) is 3.15. The Labute approximate surface area is 171 Å². The Balaban J connectivity index is 1.25. The molecule has 4 nitrogen and oxygen atoms in total. The number of aromatic nitrogens is 2.